The van der Waals surface area contributed by atoms with Crippen molar-refractivity contribution in [1.29, 1.82) is 0 Å². The molecular formula is C39H42ClN5O5S. The van der Waals surface area contributed by atoms with Gasteiger partial charge in [-0.15, -0.1) is 11.3 Å². The van der Waals surface area contributed by atoms with E-state index in [1.165, 1.54) is 11.3 Å². The summed E-state index contributed by atoms with van der Waals surface area (Å²) in [6.07, 6.45) is 0.582. The molecule has 0 unspecified atom stereocenters. The van der Waals surface area contributed by atoms with E-state index in [2.05, 4.69) is 11.0 Å². The van der Waals surface area contributed by atoms with Crippen LogP contribution in [0.4, 0.5) is 0 Å². The number of thiazole rings is 1. The van der Waals surface area contributed by atoms with Gasteiger partial charge in [0.15, 0.2) is 6.10 Å². The number of benzene rings is 3. The molecule has 0 spiro atoms. The van der Waals surface area contributed by atoms with Gasteiger partial charge in [-0.3, -0.25) is 14.5 Å². The van der Waals surface area contributed by atoms with Crippen LogP contribution in [0.5, 0.6) is 0 Å². The monoisotopic (exact) mass is 727 g/mol. The summed E-state index contributed by atoms with van der Waals surface area (Å²) in [6, 6.07) is 15.8. The van der Waals surface area contributed by atoms with Crippen molar-refractivity contribution in [1.82, 2.24) is 24.6 Å². The fourth-order valence-electron chi connectivity index (χ4n) is 7.51. The maximum atomic E-state index is 12.9. The van der Waals surface area contributed by atoms with E-state index < -0.39 is 17.7 Å². The van der Waals surface area contributed by atoms with Crippen LogP contribution in [-0.2, 0) is 14.3 Å². The first kappa shape index (κ1) is 35.3. The molecule has 51 heavy (non-hydrogen) atoms. The zero-order valence-corrected chi connectivity index (χ0v) is 31.3. The molecule has 1 atom stereocenters. The second-order valence-corrected chi connectivity index (χ2v) is 16.2. The molecule has 2 saturated heterocycles. The van der Waals surface area contributed by atoms with Crippen molar-refractivity contribution in [2.24, 2.45) is 0 Å². The Bertz CT molecular complexity index is 2170. The largest absolute Gasteiger partial charge is 0.479 e. The van der Waals surface area contributed by atoms with Gasteiger partial charge in [0.05, 0.1) is 27.0 Å². The lowest BCUT2D eigenvalue weighted by atomic mass is 9.89. The third-order valence-electron chi connectivity index (χ3n) is 10.0. The number of carbonyl (C=O) groups is 3. The molecule has 4 heterocycles. The van der Waals surface area contributed by atoms with Crippen molar-refractivity contribution in [3.8, 4) is 21.7 Å². The van der Waals surface area contributed by atoms with Gasteiger partial charge in [0.25, 0.3) is 0 Å². The van der Waals surface area contributed by atoms with Crippen LogP contribution < -0.4 is 0 Å². The van der Waals surface area contributed by atoms with E-state index in [1.807, 2.05) is 62.9 Å². The molecule has 2 aromatic heterocycles. The number of nitrogens with zero attached hydrogens (tertiary/aromatic N) is 5. The Morgan fingerprint density at radius 3 is 2.24 bits per heavy atom. The normalized spacial score (nSPS) is 16.9. The van der Waals surface area contributed by atoms with E-state index >= 15 is 0 Å². The maximum absolute atomic E-state index is 12.9. The number of aryl methyl sites for hydroxylation is 1. The van der Waals surface area contributed by atoms with Gasteiger partial charge in [-0.2, -0.15) is 5.10 Å². The van der Waals surface area contributed by atoms with Gasteiger partial charge >= 0.3 is 5.97 Å². The molecule has 2 aliphatic rings. The number of carboxylic acids is 1. The van der Waals surface area contributed by atoms with Crippen molar-refractivity contribution < 1.29 is 24.2 Å². The van der Waals surface area contributed by atoms with Gasteiger partial charge in [-0.1, -0.05) is 23.7 Å². The van der Waals surface area contributed by atoms with Crippen LogP contribution in [0.15, 0.2) is 48.5 Å². The highest BCUT2D eigenvalue weighted by atomic mass is 35.5. The predicted octanol–water partition coefficient (Wildman–Crippen LogP) is 7.95. The van der Waals surface area contributed by atoms with Gasteiger partial charge in [-0.25, -0.2) is 14.5 Å². The van der Waals surface area contributed by atoms with Crippen molar-refractivity contribution >= 4 is 61.8 Å². The molecule has 0 radical (unpaired) electrons. The van der Waals surface area contributed by atoms with Gasteiger partial charge in [0.2, 0.25) is 11.8 Å². The summed E-state index contributed by atoms with van der Waals surface area (Å²) in [7, 11) is 0. The number of halogens is 1. The number of ether oxygens (including phenoxy) is 1. The minimum Gasteiger partial charge on any atom is -0.479 e. The Labute approximate surface area is 306 Å². The highest BCUT2D eigenvalue weighted by Crippen LogP contribution is 2.45. The molecular weight excluding hydrogens is 686 g/mol. The number of fused-ring (bicyclic) bond motifs is 2. The highest BCUT2D eigenvalue weighted by Gasteiger charge is 2.37. The lowest BCUT2D eigenvalue weighted by molar-refractivity contribution is -0.160. The summed E-state index contributed by atoms with van der Waals surface area (Å²) in [5.41, 5.74) is 5.58. The SMILES string of the molecule is CC(=O)N1CC(N2CCC(c3c4cc(-c5nc6cc(C)c([C@H](OC(C)(C)C)C(=O)O)c(-c7ccc(Cl)cc7)c6s5)ccc4nn3C(C)=O)CC2)C1. The Morgan fingerprint density at radius 1 is 0.961 bits per heavy atom. The zero-order valence-electron chi connectivity index (χ0n) is 29.7. The van der Waals surface area contributed by atoms with Crippen LogP contribution in [0.2, 0.25) is 5.02 Å². The number of hydrogen-bond acceptors (Lipinski definition) is 8. The average Bonchev–Trinajstić information content (AvgIpc) is 3.64. The fourth-order valence-corrected chi connectivity index (χ4v) is 8.76. The van der Waals surface area contributed by atoms with Gasteiger partial charge in [0, 0.05) is 66.0 Å². The smallest absolute Gasteiger partial charge is 0.337 e. The van der Waals surface area contributed by atoms with E-state index in [9.17, 15) is 19.5 Å². The quantitative estimate of drug-likeness (QED) is 0.180. The lowest BCUT2D eigenvalue weighted by Crippen LogP contribution is -2.61. The number of aromatic nitrogens is 3. The molecule has 3 aromatic carbocycles. The van der Waals surface area contributed by atoms with Crippen LogP contribution in [0.1, 0.15) is 81.1 Å². The second kappa shape index (κ2) is 13.4. The first-order valence-electron chi connectivity index (χ1n) is 17.3. The summed E-state index contributed by atoms with van der Waals surface area (Å²) in [5.74, 6) is -0.911. The van der Waals surface area contributed by atoms with Crippen LogP contribution in [0.25, 0.3) is 42.8 Å². The summed E-state index contributed by atoms with van der Waals surface area (Å²) in [6.45, 7) is 14.0. The summed E-state index contributed by atoms with van der Waals surface area (Å²) in [5, 5.41) is 17.5. The third kappa shape index (κ3) is 6.80. The number of aliphatic carboxylic acids is 1. The Morgan fingerprint density at radius 2 is 1.63 bits per heavy atom. The van der Waals surface area contributed by atoms with Crippen LogP contribution in [0.3, 0.4) is 0 Å². The highest BCUT2D eigenvalue weighted by molar-refractivity contribution is 7.22. The first-order valence-corrected chi connectivity index (χ1v) is 18.5. The number of likely N-dealkylation sites (tertiary alicyclic amines) is 2. The molecule has 1 N–H and O–H groups in total. The van der Waals surface area contributed by atoms with Crippen LogP contribution >= 0.6 is 22.9 Å². The third-order valence-corrected chi connectivity index (χ3v) is 11.4. The van der Waals surface area contributed by atoms with E-state index in [0.29, 0.717) is 16.6 Å². The molecule has 1 amide bonds. The number of carbonyl (C=O) groups excluding carboxylic acids is 2. The van der Waals surface area contributed by atoms with Crippen molar-refractivity contribution in [3.05, 3.63) is 70.4 Å². The van der Waals surface area contributed by atoms with E-state index in [4.69, 9.17) is 26.4 Å². The van der Waals surface area contributed by atoms with Gasteiger partial charge in [0.1, 0.15) is 5.01 Å². The molecule has 12 heteroatoms. The first-order chi connectivity index (χ1) is 24.2. The molecule has 266 valence electrons. The summed E-state index contributed by atoms with van der Waals surface area (Å²) in [4.78, 5) is 46.8. The number of amides is 1. The predicted molar refractivity (Wildman–Crippen MR) is 201 cm³/mol. The molecule has 7 rings (SSSR count). The summed E-state index contributed by atoms with van der Waals surface area (Å²) >= 11 is 7.79. The zero-order chi connectivity index (χ0) is 36.4. The van der Waals surface area contributed by atoms with E-state index in [0.717, 1.165) is 93.1 Å². The Hall–Kier alpha value is -4.16. The maximum Gasteiger partial charge on any atom is 0.337 e. The number of piperidine rings is 1. The number of hydrogen-bond donors (Lipinski definition) is 1. The van der Waals surface area contributed by atoms with E-state index in [1.54, 1.807) is 30.7 Å². The molecule has 5 aromatic rings. The van der Waals surface area contributed by atoms with E-state index in [-0.39, 0.29) is 17.7 Å². The van der Waals surface area contributed by atoms with Crippen molar-refractivity contribution in [2.45, 2.75) is 78.0 Å². The molecule has 2 fully saturated rings. The van der Waals surface area contributed by atoms with Gasteiger partial charge in [-0.05, 0) is 101 Å². The van der Waals surface area contributed by atoms with Crippen LogP contribution in [-0.4, -0.2) is 85.3 Å². The van der Waals surface area contributed by atoms with Gasteiger partial charge < -0.3 is 14.7 Å². The topological polar surface area (TPSA) is 118 Å². The molecule has 0 bridgehead atoms. The van der Waals surface area contributed by atoms with Crippen molar-refractivity contribution in [3.63, 3.8) is 0 Å². The minimum absolute atomic E-state index is 0.123. The summed E-state index contributed by atoms with van der Waals surface area (Å²) < 4.78 is 8.60. The molecule has 0 aliphatic carbocycles. The average molecular weight is 728 g/mol. The Kier molecular flexibility index (Phi) is 9.28. The number of carboxylic acid groups (broad SMARTS) is 1. The second-order valence-electron chi connectivity index (χ2n) is 14.7. The molecule has 0 saturated carbocycles. The minimum atomic E-state index is -1.20. The molecule has 2 aliphatic heterocycles. The Balaban J connectivity index is 1.30. The number of rotatable bonds is 7. The van der Waals surface area contributed by atoms with Crippen LogP contribution in [0, 0.1) is 6.92 Å². The standard InChI is InChI=1S/C39H42ClN5O5S/c1-21-17-31-36(33(24-7-10-27(40)11-8-24)32(21)35(38(48)49)50-39(4,5)6)51-37(41-31)26-9-12-30-29(18-26)34(45(42-30)23(3)47)25-13-15-43(16-14-25)28-19-44(20-28)22(2)46/h7-12,17-18,25,28,35H,13-16,19-20H2,1-6H3,(H,48,49)/t35-/m0/s1. The lowest BCUT2D eigenvalue weighted by Gasteiger charge is -2.47. The molecule has 10 nitrogen and oxygen atoms in total. The fraction of sp³-hybridized carbons (Fsp3) is 0.410. The van der Waals surface area contributed by atoms with Crippen molar-refractivity contribution in [2.75, 3.05) is 26.2 Å².